The van der Waals surface area contributed by atoms with Crippen LogP contribution in [0.15, 0.2) is 11.6 Å². The van der Waals surface area contributed by atoms with Crippen LogP contribution < -0.4 is 0 Å². The molecule has 0 saturated heterocycles. The maximum Gasteiger partial charge on any atom is 0.331 e. The van der Waals surface area contributed by atoms with Crippen LogP contribution in [0.25, 0.3) is 0 Å². The summed E-state index contributed by atoms with van der Waals surface area (Å²) >= 11 is 0. The summed E-state index contributed by atoms with van der Waals surface area (Å²) in [4.78, 5) is 24.8. The standard InChI is InChI=1S/C30H44O10/c1-15-9-21(25(35)26(36)24(15)34)40-17-3-6-28(14-31)20-11-22(32)27(2)18(16-10-23(33)39-13-16)5-8-30(27,38)19(20)4-7-29(28,37)12-17/h10,14-15,17-22,24-26,32,34-38H,3-9,11-13H2,1-2H3/t15-,17+,18-,19+,20-,21-,22+,24+,25-,26+,27-,28-,29-,30-/m0/s1. The third kappa shape index (κ3) is 3.72. The van der Waals surface area contributed by atoms with E-state index in [0.29, 0.717) is 44.9 Å². The molecule has 1 aliphatic heterocycles. The molecule has 5 fully saturated rings. The number of carbonyl (C=O) groups excluding carboxylic acids is 2. The molecule has 10 heteroatoms. The number of cyclic esters (lactones) is 1. The number of rotatable bonds is 4. The Balaban J connectivity index is 1.25. The van der Waals surface area contributed by atoms with E-state index in [-0.39, 0.29) is 37.2 Å². The summed E-state index contributed by atoms with van der Waals surface area (Å²) < 4.78 is 11.4. The quantitative estimate of drug-likeness (QED) is 0.207. The molecule has 0 bridgehead atoms. The molecule has 10 nitrogen and oxygen atoms in total. The molecule has 5 saturated carbocycles. The van der Waals surface area contributed by atoms with Crippen molar-refractivity contribution < 1.29 is 49.7 Å². The van der Waals surface area contributed by atoms with Gasteiger partial charge in [-0.05, 0) is 80.6 Å². The van der Waals surface area contributed by atoms with Crippen LogP contribution >= 0.6 is 0 Å². The van der Waals surface area contributed by atoms with Crippen molar-refractivity contribution in [2.75, 3.05) is 6.61 Å². The van der Waals surface area contributed by atoms with Crippen LogP contribution in [0.5, 0.6) is 0 Å². The zero-order valence-electron chi connectivity index (χ0n) is 23.3. The van der Waals surface area contributed by atoms with Crippen molar-refractivity contribution in [3.63, 3.8) is 0 Å². The van der Waals surface area contributed by atoms with Gasteiger partial charge in [0.25, 0.3) is 0 Å². The smallest absolute Gasteiger partial charge is 0.331 e. The van der Waals surface area contributed by atoms with E-state index in [1.165, 1.54) is 6.08 Å². The van der Waals surface area contributed by atoms with Gasteiger partial charge in [-0.25, -0.2) is 4.79 Å². The molecule has 6 aliphatic rings. The largest absolute Gasteiger partial charge is 0.458 e. The fourth-order valence-electron chi connectivity index (χ4n) is 10.2. The van der Waals surface area contributed by atoms with Crippen molar-refractivity contribution >= 4 is 12.3 Å². The summed E-state index contributed by atoms with van der Waals surface area (Å²) in [5.74, 6) is -1.61. The Labute approximate surface area is 234 Å². The number of esters is 1. The molecule has 6 rings (SSSR count). The molecular formula is C30H44O10. The topological polar surface area (TPSA) is 174 Å². The lowest BCUT2D eigenvalue weighted by Gasteiger charge is -2.66. The van der Waals surface area contributed by atoms with Gasteiger partial charge in [0.05, 0.1) is 41.0 Å². The number of fused-ring (bicyclic) bond motifs is 5. The molecule has 0 aromatic carbocycles. The van der Waals surface area contributed by atoms with Crippen LogP contribution in [0.2, 0.25) is 0 Å². The Bertz CT molecular complexity index is 1080. The molecule has 0 radical (unpaired) electrons. The third-order valence-electron chi connectivity index (χ3n) is 12.6. The Morgan fingerprint density at radius 1 is 0.975 bits per heavy atom. The summed E-state index contributed by atoms with van der Waals surface area (Å²) in [7, 11) is 0. The highest BCUT2D eigenvalue weighted by Gasteiger charge is 2.74. The Kier molecular flexibility index (Phi) is 6.86. The molecule has 5 aliphatic carbocycles. The van der Waals surface area contributed by atoms with Crippen LogP contribution in [0, 0.1) is 34.5 Å². The van der Waals surface area contributed by atoms with Gasteiger partial charge >= 0.3 is 5.97 Å². The predicted molar refractivity (Wildman–Crippen MR) is 139 cm³/mol. The second-order valence-corrected chi connectivity index (χ2v) is 14.0. The summed E-state index contributed by atoms with van der Waals surface area (Å²) in [6, 6.07) is 0. The summed E-state index contributed by atoms with van der Waals surface area (Å²) in [6.45, 7) is 3.85. The maximum atomic E-state index is 13.0. The van der Waals surface area contributed by atoms with Gasteiger partial charge in [0.15, 0.2) is 0 Å². The van der Waals surface area contributed by atoms with Gasteiger partial charge in [-0.15, -0.1) is 0 Å². The fourth-order valence-corrected chi connectivity index (χ4v) is 10.2. The average Bonchev–Trinajstić information content (AvgIpc) is 3.46. The van der Waals surface area contributed by atoms with Gasteiger partial charge in [-0.1, -0.05) is 13.8 Å². The molecule has 224 valence electrons. The van der Waals surface area contributed by atoms with E-state index in [9.17, 15) is 40.2 Å². The Morgan fingerprint density at radius 2 is 1.73 bits per heavy atom. The lowest BCUT2D eigenvalue weighted by Crippen LogP contribution is -2.71. The van der Waals surface area contributed by atoms with Gasteiger partial charge in [-0.3, -0.25) is 0 Å². The number of carbonyl (C=O) groups is 2. The molecule has 40 heavy (non-hydrogen) atoms. The predicted octanol–water partition coefficient (Wildman–Crippen LogP) is 0.384. The molecular weight excluding hydrogens is 520 g/mol. The minimum atomic E-state index is -1.40. The molecule has 0 aromatic heterocycles. The lowest BCUT2D eigenvalue weighted by molar-refractivity contribution is -0.276. The summed E-state index contributed by atoms with van der Waals surface area (Å²) in [5, 5.41) is 67.1. The molecule has 14 atom stereocenters. The van der Waals surface area contributed by atoms with Crippen molar-refractivity contribution in [2.45, 2.75) is 119 Å². The van der Waals surface area contributed by atoms with E-state index in [1.807, 2.05) is 6.92 Å². The lowest BCUT2D eigenvalue weighted by atomic mass is 9.41. The molecule has 0 amide bonds. The van der Waals surface area contributed by atoms with Crippen LogP contribution in [-0.4, -0.2) is 97.3 Å². The van der Waals surface area contributed by atoms with Crippen molar-refractivity contribution in [3.8, 4) is 0 Å². The Morgan fingerprint density at radius 3 is 2.40 bits per heavy atom. The molecule has 1 heterocycles. The van der Waals surface area contributed by atoms with Crippen molar-refractivity contribution in [1.82, 2.24) is 0 Å². The highest BCUT2D eigenvalue weighted by molar-refractivity contribution is 5.85. The maximum absolute atomic E-state index is 13.0. The SMILES string of the molecule is C[C@H]1C[C@H](O[C@@H]2CC[C@]3(C=O)[C@H]4C[C@@H](O)[C@]5(C)[C@H](C6=CC(=O)OC6)CC[C@]5(O)[C@@H]4CC[C@]3(O)C2)[C@H](O)[C@H](O)[C@@H]1O. The van der Waals surface area contributed by atoms with Crippen molar-refractivity contribution in [2.24, 2.45) is 34.5 Å². The number of hydrogen-bond acceptors (Lipinski definition) is 10. The first-order chi connectivity index (χ1) is 18.8. The van der Waals surface area contributed by atoms with Gasteiger partial charge < -0.3 is 44.9 Å². The fraction of sp³-hybridized carbons (Fsp3) is 0.867. The van der Waals surface area contributed by atoms with Crippen LogP contribution in [0.4, 0.5) is 0 Å². The first-order valence-corrected chi connectivity index (χ1v) is 15.0. The minimum absolute atomic E-state index is 0.167. The first kappa shape index (κ1) is 28.7. The van der Waals surface area contributed by atoms with E-state index in [4.69, 9.17) is 9.47 Å². The number of ether oxygens (including phenoxy) is 2. The van der Waals surface area contributed by atoms with Crippen molar-refractivity contribution in [3.05, 3.63) is 11.6 Å². The van der Waals surface area contributed by atoms with Crippen molar-refractivity contribution in [1.29, 1.82) is 0 Å². The summed E-state index contributed by atoms with van der Waals surface area (Å²) in [6.07, 6.45) is 0.0249. The zero-order valence-corrected chi connectivity index (χ0v) is 23.3. The molecule has 6 N–H and O–H groups in total. The number of aldehydes is 1. The average molecular weight is 565 g/mol. The molecule has 0 unspecified atom stereocenters. The number of hydrogen-bond donors (Lipinski definition) is 6. The zero-order chi connectivity index (χ0) is 28.8. The molecule has 0 spiro atoms. The highest BCUT2D eigenvalue weighted by atomic mass is 16.5. The second-order valence-electron chi connectivity index (χ2n) is 14.0. The molecule has 0 aromatic rings. The van der Waals surface area contributed by atoms with E-state index >= 15 is 0 Å². The monoisotopic (exact) mass is 564 g/mol. The van der Waals surface area contributed by atoms with E-state index in [2.05, 4.69) is 0 Å². The normalized spacial score (nSPS) is 56.0. The number of aliphatic hydroxyl groups excluding tert-OH is 4. The Hall–Kier alpha value is -1.40. The van der Waals surface area contributed by atoms with Gasteiger partial charge in [-0.2, -0.15) is 0 Å². The van der Waals surface area contributed by atoms with Gasteiger partial charge in [0.1, 0.15) is 25.1 Å². The second kappa shape index (κ2) is 9.56. The summed E-state index contributed by atoms with van der Waals surface area (Å²) in [5.41, 5.74) is -3.94. The third-order valence-corrected chi connectivity index (χ3v) is 12.6. The highest BCUT2D eigenvalue weighted by Crippen LogP contribution is 2.70. The van der Waals surface area contributed by atoms with Crippen LogP contribution in [0.1, 0.15) is 71.6 Å². The van der Waals surface area contributed by atoms with E-state index in [0.717, 1.165) is 11.9 Å². The first-order valence-electron chi connectivity index (χ1n) is 15.0. The number of aliphatic hydroxyl groups is 6. The van der Waals surface area contributed by atoms with E-state index < -0.39 is 70.5 Å². The van der Waals surface area contributed by atoms with Gasteiger partial charge in [0.2, 0.25) is 0 Å². The van der Waals surface area contributed by atoms with Gasteiger partial charge in [0, 0.05) is 17.9 Å². The van der Waals surface area contributed by atoms with Crippen LogP contribution in [-0.2, 0) is 19.1 Å². The minimum Gasteiger partial charge on any atom is -0.458 e. The van der Waals surface area contributed by atoms with Crippen LogP contribution in [0.3, 0.4) is 0 Å². The van der Waals surface area contributed by atoms with E-state index in [1.54, 1.807) is 6.92 Å².